The van der Waals surface area contributed by atoms with Gasteiger partial charge in [0.1, 0.15) is 0 Å². The summed E-state index contributed by atoms with van der Waals surface area (Å²) in [6.07, 6.45) is 9.20. The summed E-state index contributed by atoms with van der Waals surface area (Å²) in [5, 5.41) is 0.399. The van der Waals surface area contributed by atoms with E-state index in [-0.39, 0.29) is 5.90 Å². The van der Waals surface area contributed by atoms with E-state index < -0.39 is 21.0 Å². The fourth-order valence-corrected chi connectivity index (χ4v) is 5.10. The molecule has 0 spiro atoms. The first kappa shape index (κ1) is 17.4. The first-order valence-electron chi connectivity index (χ1n) is 8.17. The molecule has 1 aromatic rings. The molecule has 1 heterocycles. The zero-order valence-electron chi connectivity index (χ0n) is 13.7. The molecule has 1 aliphatic heterocycles. The van der Waals surface area contributed by atoms with Crippen LogP contribution in [0.4, 0.5) is 0 Å². The molecule has 0 bridgehead atoms. The van der Waals surface area contributed by atoms with E-state index in [1.807, 2.05) is 30.3 Å². The molecule has 5 nitrogen and oxygen atoms in total. The van der Waals surface area contributed by atoms with E-state index in [1.54, 1.807) is 6.08 Å². The minimum absolute atomic E-state index is 0.173. The topological polar surface area (TPSA) is 68.1 Å². The molecule has 0 radical (unpaired) electrons. The Hall–Kier alpha value is -1.47. The van der Waals surface area contributed by atoms with Gasteiger partial charge in [-0.25, -0.2) is 4.36 Å². The Morgan fingerprint density at radius 3 is 2.54 bits per heavy atom. The molecule has 7 heteroatoms. The Morgan fingerprint density at radius 1 is 1.17 bits per heavy atom. The maximum absolute atomic E-state index is 11.5. The Labute approximate surface area is 146 Å². The molecule has 1 aliphatic carbocycles. The molecule has 0 aromatic heterocycles. The highest BCUT2D eigenvalue weighted by Gasteiger charge is 2.22. The zero-order valence-corrected chi connectivity index (χ0v) is 15.4. The first-order valence-corrected chi connectivity index (χ1v) is 11.2. The largest absolute Gasteiger partial charge is 0.361 e. The van der Waals surface area contributed by atoms with Crippen molar-refractivity contribution in [3.8, 4) is 0 Å². The van der Waals surface area contributed by atoms with Gasteiger partial charge in [-0.3, -0.25) is 0 Å². The van der Waals surface area contributed by atoms with Gasteiger partial charge in [-0.05, 0) is 18.4 Å². The van der Waals surface area contributed by atoms with Gasteiger partial charge in [-0.15, -0.1) is 0 Å². The minimum Gasteiger partial charge on any atom is -0.361 e. The Balaban J connectivity index is 1.87. The van der Waals surface area contributed by atoms with E-state index in [2.05, 4.69) is 4.40 Å². The van der Waals surface area contributed by atoms with Crippen molar-refractivity contribution in [2.45, 2.75) is 43.8 Å². The van der Waals surface area contributed by atoms with Crippen LogP contribution < -0.4 is 0 Å². The molecular weight excluding hydrogens is 344 g/mol. The normalized spacial score (nSPS) is 22.3. The van der Waals surface area contributed by atoms with Gasteiger partial charge in [0, 0.05) is 28.6 Å². The van der Waals surface area contributed by atoms with Crippen LogP contribution in [-0.4, -0.2) is 25.8 Å². The third-order valence-corrected chi connectivity index (χ3v) is 6.33. The van der Waals surface area contributed by atoms with Crippen LogP contribution in [0.2, 0.25) is 0 Å². The number of allylic oxidation sites excluding steroid dienone is 1. The number of rotatable bonds is 4. The quantitative estimate of drug-likeness (QED) is 0.765. The summed E-state index contributed by atoms with van der Waals surface area (Å²) in [5.41, 5.74) is 1.98. The van der Waals surface area contributed by atoms with Crippen LogP contribution in [-0.2, 0) is 31.6 Å². The highest BCUT2D eigenvalue weighted by Crippen LogP contribution is 2.27. The van der Waals surface area contributed by atoms with Crippen molar-refractivity contribution in [3.05, 3.63) is 47.7 Å². The summed E-state index contributed by atoms with van der Waals surface area (Å²) in [7, 11) is -4.13. The molecular formula is C17H22N2O3S2. The summed E-state index contributed by atoms with van der Waals surface area (Å²) in [6.45, 7) is 0. The first-order chi connectivity index (χ1) is 11.5. The van der Waals surface area contributed by atoms with Gasteiger partial charge in [0.2, 0.25) is 5.90 Å². The van der Waals surface area contributed by atoms with Crippen LogP contribution in [0.25, 0.3) is 0 Å². The second-order valence-electron chi connectivity index (χ2n) is 6.16. The van der Waals surface area contributed by atoms with E-state index in [0.29, 0.717) is 11.7 Å². The van der Waals surface area contributed by atoms with Crippen LogP contribution in [0.3, 0.4) is 0 Å². The molecule has 130 valence electrons. The SMILES string of the molecule is CS(=O)(=O)OC1=NS(C2CCCCC2)=NC(Cc2ccccc2)=C1. The monoisotopic (exact) mass is 366 g/mol. The van der Waals surface area contributed by atoms with Crippen LogP contribution >= 0.6 is 0 Å². The van der Waals surface area contributed by atoms with Crippen molar-refractivity contribution in [3.63, 3.8) is 0 Å². The molecule has 0 amide bonds. The molecule has 2 aliphatic rings. The Kier molecular flexibility index (Phi) is 5.50. The molecule has 1 unspecified atom stereocenters. The van der Waals surface area contributed by atoms with E-state index in [0.717, 1.165) is 30.4 Å². The molecule has 3 rings (SSSR count). The fraction of sp³-hybridized carbons (Fsp3) is 0.471. The smallest absolute Gasteiger partial charge is 0.307 e. The van der Waals surface area contributed by atoms with Gasteiger partial charge in [0.05, 0.1) is 12.0 Å². The van der Waals surface area contributed by atoms with Crippen LogP contribution in [0.1, 0.15) is 37.7 Å². The lowest BCUT2D eigenvalue weighted by atomic mass is 10.0. The predicted octanol–water partition coefficient (Wildman–Crippen LogP) is 3.55. The average molecular weight is 367 g/mol. The third-order valence-electron chi connectivity index (χ3n) is 4.00. The van der Waals surface area contributed by atoms with Gasteiger partial charge in [-0.2, -0.15) is 12.8 Å². The van der Waals surface area contributed by atoms with Gasteiger partial charge >= 0.3 is 10.1 Å². The fourth-order valence-electron chi connectivity index (χ4n) is 2.94. The van der Waals surface area contributed by atoms with Crippen molar-refractivity contribution < 1.29 is 12.6 Å². The summed E-state index contributed by atoms with van der Waals surface area (Å²) < 4.78 is 37.3. The molecule has 0 saturated heterocycles. The number of hydrogen-bond acceptors (Lipinski definition) is 5. The predicted molar refractivity (Wildman–Crippen MR) is 98.3 cm³/mol. The van der Waals surface area contributed by atoms with E-state index in [4.69, 9.17) is 8.55 Å². The number of hydrogen-bond donors (Lipinski definition) is 0. The van der Waals surface area contributed by atoms with Crippen molar-refractivity contribution >= 4 is 26.9 Å². The number of benzene rings is 1. The lowest BCUT2D eigenvalue weighted by Gasteiger charge is -2.24. The van der Waals surface area contributed by atoms with Gasteiger partial charge in [0.15, 0.2) is 0 Å². The zero-order chi connectivity index (χ0) is 17.0. The summed E-state index contributed by atoms with van der Waals surface area (Å²) >= 11 is 0. The van der Waals surface area contributed by atoms with E-state index in [9.17, 15) is 8.42 Å². The second-order valence-corrected chi connectivity index (χ2v) is 9.35. The van der Waals surface area contributed by atoms with Gasteiger partial charge < -0.3 is 4.18 Å². The highest BCUT2D eigenvalue weighted by molar-refractivity contribution is 7.87. The van der Waals surface area contributed by atoms with Crippen molar-refractivity contribution in [2.24, 2.45) is 8.76 Å². The van der Waals surface area contributed by atoms with Crippen LogP contribution in [0.5, 0.6) is 0 Å². The summed E-state index contributed by atoms with van der Waals surface area (Å²) in [5.74, 6) is 0.173. The Bertz CT molecular complexity index is 777. The lowest BCUT2D eigenvalue weighted by molar-refractivity contribution is 0.490. The maximum Gasteiger partial charge on any atom is 0.307 e. The van der Waals surface area contributed by atoms with Crippen molar-refractivity contribution in [1.29, 1.82) is 0 Å². The minimum atomic E-state index is -3.59. The van der Waals surface area contributed by atoms with Crippen LogP contribution in [0, 0.1) is 0 Å². The van der Waals surface area contributed by atoms with Crippen molar-refractivity contribution in [1.82, 2.24) is 0 Å². The molecule has 1 saturated carbocycles. The van der Waals surface area contributed by atoms with Crippen molar-refractivity contribution in [2.75, 3.05) is 6.26 Å². The lowest BCUT2D eigenvalue weighted by Crippen LogP contribution is -2.21. The maximum atomic E-state index is 11.5. The molecule has 1 aromatic carbocycles. The summed E-state index contributed by atoms with van der Waals surface area (Å²) in [6, 6.07) is 10.0. The van der Waals surface area contributed by atoms with E-state index >= 15 is 0 Å². The second kappa shape index (κ2) is 7.61. The Morgan fingerprint density at radius 2 is 1.88 bits per heavy atom. The molecule has 1 fully saturated rings. The summed E-state index contributed by atoms with van der Waals surface area (Å²) in [4.78, 5) is 0. The third kappa shape index (κ3) is 5.01. The van der Waals surface area contributed by atoms with Gasteiger partial charge in [0.25, 0.3) is 0 Å². The standard InChI is InChI=1S/C17H22N2O3S2/c1-24(20,21)22-17-13-15(12-14-8-4-2-5-9-14)18-23(19-17)16-10-6-3-7-11-16/h2,4-5,8-9,13,16H,3,6-7,10-12H2,1H3. The molecule has 24 heavy (non-hydrogen) atoms. The molecule has 1 atom stereocenters. The molecule has 0 N–H and O–H groups in total. The van der Waals surface area contributed by atoms with Crippen LogP contribution in [0.15, 0.2) is 50.9 Å². The number of nitrogens with zero attached hydrogens (tertiary/aromatic N) is 2. The highest BCUT2D eigenvalue weighted by atomic mass is 32.2. The van der Waals surface area contributed by atoms with E-state index in [1.165, 1.54) is 19.3 Å². The average Bonchev–Trinajstić information content (AvgIpc) is 2.55. The van der Waals surface area contributed by atoms with Gasteiger partial charge in [-0.1, -0.05) is 49.6 Å².